The predicted octanol–water partition coefficient (Wildman–Crippen LogP) is 1.06. The first-order chi connectivity index (χ1) is 7.70. The molecule has 96 valence electrons. The van der Waals surface area contributed by atoms with Crippen molar-refractivity contribution < 1.29 is 22.8 Å². The Kier molecular flexibility index (Phi) is 6.48. The van der Waals surface area contributed by atoms with Crippen LogP contribution in [0.5, 0.6) is 0 Å². The average Bonchev–Trinajstić information content (AvgIpc) is 3.02. The highest BCUT2D eigenvalue weighted by Crippen LogP contribution is 2.10. The SMILES string of the molecule is CCO[Si](C)(OCC)OCCOCC1CO1. The average molecular weight is 250 g/mol. The van der Waals surface area contributed by atoms with E-state index in [-0.39, 0.29) is 0 Å². The fourth-order valence-electron chi connectivity index (χ4n) is 1.31. The molecule has 1 aliphatic rings. The van der Waals surface area contributed by atoms with Crippen molar-refractivity contribution in [1.82, 2.24) is 0 Å². The van der Waals surface area contributed by atoms with E-state index in [1.54, 1.807) is 0 Å². The number of hydrogen-bond donors (Lipinski definition) is 0. The topological polar surface area (TPSA) is 49.5 Å². The highest BCUT2D eigenvalue weighted by atomic mass is 28.4. The third-order valence-electron chi connectivity index (χ3n) is 2.11. The van der Waals surface area contributed by atoms with Crippen molar-refractivity contribution in [3.63, 3.8) is 0 Å². The Morgan fingerprint density at radius 1 is 1.12 bits per heavy atom. The molecule has 1 aliphatic heterocycles. The van der Waals surface area contributed by atoms with E-state index in [0.29, 0.717) is 39.1 Å². The van der Waals surface area contributed by atoms with Crippen LogP contribution in [0.15, 0.2) is 0 Å². The number of ether oxygens (including phenoxy) is 2. The summed E-state index contributed by atoms with van der Waals surface area (Å²) >= 11 is 0. The Morgan fingerprint density at radius 3 is 2.25 bits per heavy atom. The summed E-state index contributed by atoms with van der Waals surface area (Å²) in [6.07, 6.45) is 0.308. The summed E-state index contributed by atoms with van der Waals surface area (Å²) in [6.45, 7) is 9.56. The van der Waals surface area contributed by atoms with Gasteiger partial charge < -0.3 is 22.8 Å². The summed E-state index contributed by atoms with van der Waals surface area (Å²) in [7, 11) is -2.42. The zero-order valence-electron chi connectivity index (χ0n) is 10.4. The Bertz CT molecular complexity index is 180. The van der Waals surface area contributed by atoms with Crippen LogP contribution in [0.4, 0.5) is 0 Å². The summed E-state index contributed by atoms with van der Waals surface area (Å²) in [6, 6.07) is 0. The highest BCUT2D eigenvalue weighted by Gasteiger charge is 2.33. The molecular weight excluding hydrogens is 228 g/mol. The maximum absolute atomic E-state index is 5.64. The zero-order valence-corrected chi connectivity index (χ0v) is 11.4. The molecule has 1 atom stereocenters. The molecule has 1 unspecified atom stereocenters. The van der Waals surface area contributed by atoms with Gasteiger partial charge in [-0.1, -0.05) is 0 Å². The van der Waals surface area contributed by atoms with Gasteiger partial charge in [-0.3, -0.25) is 0 Å². The molecule has 0 amide bonds. The monoisotopic (exact) mass is 250 g/mol. The Hall–Kier alpha value is 0.0169. The Morgan fingerprint density at radius 2 is 1.75 bits per heavy atom. The Balaban J connectivity index is 2.05. The quantitative estimate of drug-likeness (QED) is 0.330. The van der Waals surface area contributed by atoms with E-state index in [9.17, 15) is 0 Å². The highest BCUT2D eigenvalue weighted by molar-refractivity contribution is 6.59. The molecule has 1 saturated heterocycles. The summed E-state index contributed by atoms with van der Waals surface area (Å²) in [5.41, 5.74) is 0. The molecule has 0 radical (unpaired) electrons. The molecule has 0 aromatic rings. The predicted molar refractivity (Wildman–Crippen MR) is 61.4 cm³/mol. The molecule has 1 rings (SSSR count). The van der Waals surface area contributed by atoms with Gasteiger partial charge in [0.2, 0.25) is 0 Å². The van der Waals surface area contributed by atoms with Gasteiger partial charge in [0.25, 0.3) is 0 Å². The lowest BCUT2D eigenvalue weighted by atomic mass is 10.5. The van der Waals surface area contributed by atoms with Crippen molar-refractivity contribution >= 4 is 8.80 Å². The molecule has 1 fully saturated rings. The zero-order chi connectivity index (χ0) is 11.9. The first kappa shape index (κ1) is 14.1. The lowest BCUT2D eigenvalue weighted by Crippen LogP contribution is -2.43. The van der Waals surface area contributed by atoms with Crippen LogP contribution in [0.25, 0.3) is 0 Å². The van der Waals surface area contributed by atoms with E-state index in [1.807, 2.05) is 20.4 Å². The van der Waals surface area contributed by atoms with E-state index in [2.05, 4.69) is 0 Å². The van der Waals surface area contributed by atoms with Crippen molar-refractivity contribution in [2.75, 3.05) is 39.6 Å². The van der Waals surface area contributed by atoms with Gasteiger partial charge in [0.05, 0.1) is 26.4 Å². The number of epoxide rings is 1. The van der Waals surface area contributed by atoms with Crippen LogP contribution in [0, 0.1) is 0 Å². The van der Waals surface area contributed by atoms with Gasteiger partial charge in [-0.25, -0.2) is 0 Å². The maximum atomic E-state index is 5.64. The molecular formula is C10H22O5Si. The second-order valence-electron chi connectivity index (χ2n) is 3.61. The van der Waals surface area contributed by atoms with E-state index in [4.69, 9.17) is 22.8 Å². The van der Waals surface area contributed by atoms with Crippen LogP contribution < -0.4 is 0 Å². The third-order valence-corrected chi connectivity index (χ3v) is 4.47. The molecule has 0 saturated carbocycles. The maximum Gasteiger partial charge on any atom is 0.497 e. The molecule has 6 heteroatoms. The van der Waals surface area contributed by atoms with Crippen molar-refractivity contribution in [2.45, 2.75) is 26.5 Å². The first-order valence-electron chi connectivity index (χ1n) is 5.81. The third kappa shape index (κ3) is 5.93. The van der Waals surface area contributed by atoms with Crippen LogP contribution >= 0.6 is 0 Å². The molecule has 5 nitrogen and oxygen atoms in total. The Labute approximate surface area is 98.3 Å². The standard InChI is InChI=1S/C10H22O5Si/c1-4-13-16(3,14-5-2)15-7-6-11-8-10-9-12-10/h10H,4-9H2,1-3H3. The van der Waals surface area contributed by atoms with Crippen LogP contribution in [-0.2, 0) is 22.8 Å². The number of rotatable bonds is 10. The fourth-order valence-corrected chi connectivity index (χ4v) is 3.07. The second kappa shape index (κ2) is 7.36. The van der Waals surface area contributed by atoms with Gasteiger partial charge >= 0.3 is 8.80 Å². The minimum absolute atomic E-state index is 0.308. The van der Waals surface area contributed by atoms with Crippen molar-refractivity contribution in [3.8, 4) is 0 Å². The first-order valence-corrected chi connectivity index (χ1v) is 8.04. The minimum atomic E-state index is -2.42. The van der Waals surface area contributed by atoms with Crippen molar-refractivity contribution in [3.05, 3.63) is 0 Å². The van der Waals surface area contributed by atoms with Gasteiger partial charge in [0.1, 0.15) is 6.10 Å². The van der Waals surface area contributed by atoms with Crippen LogP contribution in [0.1, 0.15) is 13.8 Å². The number of hydrogen-bond acceptors (Lipinski definition) is 5. The second-order valence-corrected chi connectivity index (χ2v) is 6.20. The van der Waals surface area contributed by atoms with E-state index >= 15 is 0 Å². The summed E-state index contributed by atoms with van der Waals surface area (Å²) in [5.74, 6) is 0. The summed E-state index contributed by atoms with van der Waals surface area (Å²) in [4.78, 5) is 0. The van der Waals surface area contributed by atoms with Crippen LogP contribution in [-0.4, -0.2) is 54.5 Å². The minimum Gasteiger partial charge on any atom is -0.376 e. The van der Waals surface area contributed by atoms with E-state index < -0.39 is 8.80 Å². The molecule has 0 bridgehead atoms. The molecule has 1 heterocycles. The van der Waals surface area contributed by atoms with E-state index in [1.165, 1.54) is 0 Å². The molecule has 16 heavy (non-hydrogen) atoms. The molecule has 0 spiro atoms. The lowest BCUT2D eigenvalue weighted by molar-refractivity contribution is 0.0348. The van der Waals surface area contributed by atoms with Gasteiger partial charge in [0.15, 0.2) is 0 Å². The summed E-state index contributed by atoms with van der Waals surface area (Å²) < 4.78 is 27.1. The molecule has 0 aromatic heterocycles. The fraction of sp³-hybridized carbons (Fsp3) is 1.00. The molecule has 0 aromatic carbocycles. The molecule has 0 aliphatic carbocycles. The van der Waals surface area contributed by atoms with E-state index in [0.717, 1.165) is 6.61 Å². The van der Waals surface area contributed by atoms with Crippen molar-refractivity contribution in [1.29, 1.82) is 0 Å². The van der Waals surface area contributed by atoms with Crippen LogP contribution in [0.3, 0.4) is 0 Å². The van der Waals surface area contributed by atoms with Crippen LogP contribution in [0.2, 0.25) is 6.55 Å². The van der Waals surface area contributed by atoms with Gasteiger partial charge in [-0.15, -0.1) is 0 Å². The van der Waals surface area contributed by atoms with Crippen molar-refractivity contribution in [2.24, 2.45) is 0 Å². The normalized spacial score (nSPS) is 20.1. The van der Waals surface area contributed by atoms with Gasteiger partial charge in [0, 0.05) is 19.8 Å². The smallest absolute Gasteiger partial charge is 0.376 e. The largest absolute Gasteiger partial charge is 0.497 e. The summed E-state index contributed by atoms with van der Waals surface area (Å²) in [5, 5.41) is 0. The van der Waals surface area contributed by atoms with Gasteiger partial charge in [-0.05, 0) is 13.8 Å². The molecule has 0 N–H and O–H groups in total. The lowest BCUT2D eigenvalue weighted by Gasteiger charge is -2.24. The van der Waals surface area contributed by atoms with Gasteiger partial charge in [-0.2, -0.15) is 0 Å².